The Morgan fingerprint density at radius 3 is 1.32 bits per heavy atom. The fourth-order valence-electron chi connectivity index (χ4n) is 4.13. The molecule has 0 unspecified atom stereocenters. The minimum Gasteiger partial charge on any atom is -0.462 e. The van der Waals surface area contributed by atoms with Gasteiger partial charge in [-0.2, -0.15) is 0 Å². The molecule has 0 aromatic heterocycles. The second-order valence-corrected chi connectivity index (χ2v) is 8.36. The second-order valence-electron chi connectivity index (χ2n) is 8.36. The van der Waals surface area contributed by atoms with Crippen molar-refractivity contribution in [2.75, 3.05) is 0 Å². The normalized spacial score (nSPS) is 30.6. The SMILES string of the molecule is CCC(CC)(C(=O)OC1CCC(C)CC1)C(=O)OC1CCC(C)CC1. The molecule has 0 amide bonds. The van der Waals surface area contributed by atoms with Crippen LogP contribution in [-0.4, -0.2) is 24.1 Å². The molecule has 2 aliphatic rings. The molecule has 4 nitrogen and oxygen atoms in total. The van der Waals surface area contributed by atoms with Crippen LogP contribution in [0.3, 0.4) is 0 Å². The summed E-state index contributed by atoms with van der Waals surface area (Å²) < 4.78 is 11.5. The predicted molar refractivity (Wildman–Crippen MR) is 98.0 cm³/mol. The van der Waals surface area contributed by atoms with E-state index >= 15 is 0 Å². The van der Waals surface area contributed by atoms with Crippen molar-refractivity contribution >= 4 is 11.9 Å². The molecule has 2 saturated carbocycles. The third kappa shape index (κ3) is 4.98. The molecule has 0 radical (unpaired) electrons. The number of esters is 2. The van der Waals surface area contributed by atoms with Crippen LogP contribution < -0.4 is 0 Å². The first-order valence-electron chi connectivity index (χ1n) is 10.3. The van der Waals surface area contributed by atoms with Gasteiger partial charge in [0.25, 0.3) is 0 Å². The third-order valence-electron chi connectivity index (χ3n) is 6.46. The average Bonchev–Trinajstić information content (AvgIpc) is 2.60. The van der Waals surface area contributed by atoms with E-state index in [1.807, 2.05) is 13.8 Å². The van der Waals surface area contributed by atoms with Crippen molar-refractivity contribution in [3.8, 4) is 0 Å². The Morgan fingerprint density at radius 2 is 1.04 bits per heavy atom. The number of rotatable bonds is 6. The van der Waals surface area contributed by atoms with Crippen LogP contribution in [0, 0.1) is 17.3 Å². The first kappa shape index (κ1) is 20.3. The maximum atomic E-state index is 12.9. The van der Waals surface area contributed by atoms with Crippen molar-refractivity contribution in [3.05, 3.63) is 0 Å². The highest BCUT2D eigenvalue weighted by Gasteiger charge is 2.47. The highest BCUT2D eigenvalue weighted by molar-refractivity contribution is 6.00. The lowest BCUT2D eigenvalue weighted by molar-refractivity contribution is -0.181. The highest BCUT2D eigenvalue weighted by Crippen LogP contribution is 2.35. The molecular formula is C21H36O4. The third-order valence-corrected chi connectivity index (χ3v) is 6.46. The number of ether oxygens (including phenoxy) is 2. The van der Waals surface area contributed by atoms with E-state index in [0.29, 0.717) is 24.7 Å². The summed E-state index contributed by atoms with van der Waals surface area (Å²) in [7, 11) is 0. The molecule has 0 aromatic carbocycles. The summed E-state index contributed by atoms with van der Waals surface area (Å²) in [5, 5.41) is 0. The van der Waals surface area contributed by atoms with Gasteiger partial charge in [-0.3, -0.25) is 9.59 Å². The molecule has 0 N–H and O–H groups in total. The molecule has 2 aliphatic carbocycles. The lowest BCUT2D eigenvalue weighted by Crippen LogP contribution is -2.44. The molecule has 0 bridgehead atoms. The summed E-state index contributed by atoms with van der Waals surface area (Å²) in [4.78, 5) is 25.8. The minimum atomic E-state index is -1.13. The smallest absolute Gasteiger partial charge is 0.323 e. The minimum absolute atomic E-state index is 0.0375. The summed E-state index contributed by atoms with van der Waals surface area (Å²) in [5.41, 5.74) is -1.13. The van der Waals surface area contributed by atoms with Crippen molar-refractivity contribution in [2.24, 2.45) is 17.3 Å². The maximum absolute atomic E-state index is 12.9. The van der Waals surface area contributed by atoms with Gasteiger partial charge < -0.3 is 9.47 Å². The fourth-order valence-corrected chi connectivity index (χ4v) is 4.13. The van der Waals surface area contributed by atoms with Crippen molar-refractivity contribution in [1.82, 2.24) is 0 Å². The van der Waals surface area contributed by atoms with Crippen LogP contribution in [0.1, 0.15) is 91.9 Å². The van der Waals surface area contributed by atoms with Gasteiger partial charge in [0.1, 0.15) is 12.2 Å². The number of hydrogen-bond acceptors (Lipinski definition) is 4. The van der Waals surface area contributed by atoms with E-state index in [4.69, 9.17) is 9.47 Å². The molecule has 4 heteroatoms. The van der Waals surface area contributed by atoms with Gasteiger partial charge in [0, 0.05) is 0 Å². The highest BCUT2D eigenvalue weighted by atomic mass is 16.6. The quantitative estimate of drug-likeness (QED) is 0.496. The van der Waals surface area contributed by atoms with Gasteiger partial charge in [-0.25, -0.2) is 0 Å². The zero-order chi connectivity index (χ0) is 18.4. The molecule has 0 atom stereocenters. The van der Waals surface area contributed by atoms with E-state index in [1.165, 1.54) is 0 Å². The zero-order valence-electron chi connectivity index (χ0n) is 16.5. The van der Waals surface area contributed by atoms with E-state index in [1.54, 1.807) is 0 Å². The van der Waals surface area contributed by atoms with Gasteiger partial charge in [0.2, 0.25) is 0 Å². The van der Waals surface area contributed by atoms with Crippen LogP contribution in [0.4, 0.5) is 0 Å². The Morgan fingerprint density at radius 1 is 0.720 bits per heavy atom. The molecule has 2 fully saturated rings. The van der Waals surface area contributed by atoms with Crippen molar-refractivity contribution in [3.63, 3.8) is 0 Å². The van der Waals surface area contributed by atoms with Gasteiger partial charge in [0.05, 0.1) is 0 Å². The molecular weight excluding hydrogens is 316 g/mol. The predicted octanol–water partition coefficient (Wildman–Crippen LogP) is 5.04. The molecule has 2 rings (SSSR count). The van der Waals surface area contributed by atoms with Crippen molar-refractivity contribution < 1.29 is 19.1 Å². The van der Waals surface area contributed by atoms with Crippen LogP contribution >= 0.6 is 0 Å². The van der Waals surface area contributed by atoms with Crippen molar-refractivity contribution in [1.29, 1.82) is 0 Å². The molecule has 0 heterocycles. The topological polar surface area (TPSA) is 52.6 Å². The Balaban J connectivity index is 1.97. The van der Waals surface area contributed by atoms with E-state index < -0.39 is 5.41 Å². The maximum Gasteiger partial charge on any atom is 0.323 e. The summed E-state index contributed by atoms with van der Waals surface area (Å²) in [6.07, 6.45) is 8.80. The Bertz CT molecular complexity index is 401. The summed E-state index contributed by atoms with van der Waals surface area (Å²) in [5.74, 6) is 0.670. The number of carbonyl (C=O) groups is 2. The largest absolute Gasteiger partial charge is 0.462 e. The molecule has 0 saturated heterocycles. The van der Waals surface area contributed by atoms with Crippen LogP contribution in [-0.2, 0) is 19.1 Å². The van der Waals surface area contributed by atoms with Crippen LogP contribution in [0.25, 0.3) is 0 Å². The first-order valence-corrected chi connectivity index (χ1v) is 10.3. The molecule has 0 aliphatic heterocycles. The molecule has 25 heavy (non-hydrogen) atoms. The molecule has 0 spiro atoms. The second kappa shape index (κ2) is 9.05. The van der Waals surface area contributed by atoms with Gasteiger partial charge >= 0.3 is 11.9 Å². The van der Waals surface area contributed by atoms with Crippen LogP contribution in [0.5, 0.6) is 0 Å². The molecule has 0 aromatic rings. The van der Waals surface area contributed by atoms with Crippen LogP contribution in [0.15, 0.2) is 0 Å². The Kier molecular flexibility index (Phi) is 7.33. The first-order chi connectivity index (χ1) is 11.9. The van der Waals surface area contributed by atoms with E-state index in [-0.39, 0.29) is 24.1 Å². The van der Waals surface area contributed by atoms with Gasteiger partial charge in [-0.1, -0.05) is 27.7 Å². The summed E-state index contributed by atoms with van der Waals surface area (Å²) in [6.45, 7) is 8.25. The Hall–Kier alpha value is -1.06. The average molecular weight is 353 g/mol. The zero-order valence-corrected chi connectivity index (χ0v) is 16.5. The van der Waals surface area contributed by atoms with Crippen molar-refractivity contribution in [2.45, 2.75) is 104 Å². The summed E-state index contributed by atoms with van der Waals surface area (Å²) in [6, 6.07) is 0. The Labute approximate surface area is 153 Å². The number of hydrogen-bond donors (Lipinski definition) is 0. The number of carbonyl (C=O) groups excluding carboxylic acids is 2. The van der Waals surface area contributed by atoms with Crippen LogP contribution in [0.2, 0.25) is 0 Å². The van der Waals surface area contributed by atoms with E-state index in [2.05, 4.69) is 13.8 Å². The van der Waals surface area contributed by atoms with E-state index in [9.17, 15) is 9.59 Å². The standard InChI is InChI=1S/C21H36O4/c1-5-21(6-2,19(22)24-17-11-7-15(3)8-12-17)20(23)25-18-13-9-16(4)10-14-18/h15-18H,5-14H2,1-4H3. The van der Waals surface area contributed by atoms with Gasteiger partial charge in [-0.15, -0.1) is 0 Å². The van der Waals surface area contributed by atoms with Gasteiger partial charge in [0.15, 0.2) is 5.41 Å². The lowest BCUT2D eigenvalue weighted by atomic mass is 9.81. The lowest BCUT2D eigenvalue weighted by Gasteiger charge is -2.34. The molecule has 144 valence electrons. The van der Waals surface area contributed by atoms with E-state index in [0.717, 1.165) is 51.4 Å². The fraction of sp³-hybridized carbons (Fsp3) is 0.905. The van der Waals surface area contributed by atoms with Gasteiger partial charge in [-0.05, 0) is 76.0 Å². The monoisotopic (exact) mass is 352 g/mol. The summed E-state index contributed by atoms with van der Waals surface area (Å²) >= 11 is 0.